The first-order chi connectivity index (χ1) is 38.1. The molecular weight excluding hydrogens is 1080 g/mol. The number of hydrogen-bond donors (Lipinski definition) is 1. The standard InChI is InChI=1S/C24H24FN3O3.C12H9ClFNO.C12H9ClFN.C12H16N2O2.ClH/c25-21-6-4-19(5-7-21)20-14-18(16-28(29)17-20)15-26-8-10-27(11-9-26)22-2-1-3-23-24(22)31-13-12-30-23;13-6-9-5-11(8-15(16)7-9)10-1-3-12(14)4-2-10;13-6-9-5-11(8-15-7-9)10-1-3-12(14)4-2-10;1-2-10(14-6-4-13-5-7-14)12-11(3-1)15-8-9-16-12;/h1-7,14,16-17H,8-13,15H2;1-5,7-8H,6H2;1-5,7-8H,6H2;1-3,13H,4-9H2;1H. The fourth-order valence-corrected chi connectivity index (χ4v) is 9.56. The van der Waals surface area contributed by atoms with Crippen molar-refractivity contribution >= 4 is 47.0 Å². The molecule has 0 radical (unpaired) electrons. The number of hydrogen-bond acceptors (Lipinski definition) is 11. The van der Waals surface area contributed by atoms with Gasteiger partial charge in [0, 0.05) is 105 Å². The first-order valence-electron chi connectivity index (χ1n) is 25.6. The summed E-state index contributed by atoms with van der Waals surface area (Å²) in [6.45, 7) is 10.8. The van der Waals surface area contributed by atoms with E-state index in [4.69, 9.17) is 42.1 Å². The molecule has 4 aliphatic rings. The van der Waals surface area contributed by atoms with Crippen LogP contribution in [-0.4, -0.2) is 88.7 Å². The smallest absolute Gasteiger partial charge is 0.188 e. The van der Waals surface area contributed by atoms with E-state index < -0.39 is 0 Å². The summed E-state index contributed by atoms with van der Waals surface area (Å²) in [6, 6.07) is 36.4. The molecule has 1 N–H and O–H groups in total. The van der Waals surface area contributed by atoms with E-state index in [9.17, 15) is 23.6 Å². The molecule has 0 atom stereocenters. The van der Waals surface area contributed by atoms with Gasteiger partial charge in [0.1, 0.15) is 43.9 Å². The van der Waals surface area contributed by atoms with E-state index in [2.05, 4.69) is 37.1 Å². The summed E-state index contributed by atoms with van der Waals surface area (Å²) in [5.74, 6) is 3.32. The van der Waals surface area contributed by atoms with Crippen LogP contribution in [0.2, 0.25) is 0 Å². The zero-order valence-electron chi connectivity index (χ0n) is 43.1. The van der Waals surface area contributed by atoms with Crippen molar-refractivity contribution in [2.45, 2.75) is 18.3 Å². The highest BCUT2D eigenvalue weighted by atomic mass is 35.5. The Bertz CT molecular complexity index is 3230. The Labute approximate surface area is 473 Å². The third-order valence-corrected chi connectivity index (χ3v) is 13.7. The molecule has 5 aromatic carbocycles. The molecule has 4 aliphatic heterocycles. The average Bonchev–Trinajstić information content (AvgIpc) is 3.49. The summed E-state index contributed by atoms with van der Waals surface area (Å²) in [5.41, 5.74) is 9.91. The minimum absolute atomic E-state index is 0. The number of nitrogens with zero attached hydrogens (tertiary/aromatic N) is 6. The Kier molecular flexibility index (Phi) is 20.8. The fourth-order valence-electron chi connectivity index (χ4n) is 9.27. The first kappa shape index (κ1) is 57.7. The zero-order chi connectivity index (χ0) is 54.2. The van der Waals surface area contributed by atoms with Crippen LogP contribution in [0, 0.1) is 27.9 Å². The minimum Gasteiger partial charge on any atom is -0.619 e. The second-order valence-corrected chi connectivity index (χ2v) is 19.1. The third kappa shape index (κ3) is 15.9. The Morgan fingerprint density at radius 3 is 1.41 bits per heavy atom. The second-order valence-electron chi connectivity index (χ2n) is 18.6. The molecule has 2 fully saturated rings. The average molecular weight is 1140 g/mol. The van der Waals surface area contributed by atoms with E-state index in [0.29, 0.717) is 43.6 Å². The van der Waals surface area contributed by atoms with Crippen molar-refractivity contribution in [2.24, 2.45) is 0 Å². The summed E-state index contributed by atoms with van der Waals surface area (Å²) in [4.78, 5) is 11.1. The van der Waals surface area contributed by atoms with Crippen molar-refractivity contribution in [3.63, 3.8) is 0 Å². The normalized spacial score (nSPS) is 14.4. The fraction of sp³-hybridized carbons (Fsp3) is 0.250. The molecule has 0 bridgehead atoms. The highest BCUT2D eigenvalue weighted by Gasteiger charge is 2.25. The number of nitrogens with one attached hydrogen (secondary N) is 1. The summed E-state index contributed by atoms with van der Waals surface area (Å²) in [7, 11) is 0. The van der Waals surface area contributed by atoms with Crippen LogP contribution in [0.5, 0.6) is 23.0 Å². The van der Waals surface area contributed by atoms with E-state index in [-0.39, 0.29) is 35.7 Å². The van der Waals surface area contributed by atoms with E-state index in [1.54, 1.807) is 55.0 Å². The molecule has 0 spiro atoms. The van der Waals surface area contributed by atoms with Gasteiger partial charge in [0.05, 0.1) is 17.3 Å². The van der Waals surface area contributed by atoms with Gasteiger partial charge in [-0.1, -0.05) is 48.5 Å². The van der Waals surface area contributed by atoms with Crippen LogP contribution in [0.4, 0.5) is 24.5 Å². The molecule has 7 heterocycles. The van der Waals surface area contributed by atoms with Gasteiger partial charge >= 0.3 is 0 Å². The molecule has 0 unspecified atom stereocenters. The molecular formula is C60H59Cl3F3N7O6. The van der Waals surface area contributed by atoms with Crippen LogP contribution in [0.3, 0.4) is 0 Å². The van der Waals surface area contributed by atoms with Crippen LogP contribution in [0.1, 0.15) is 16.7 Å². The van der Waals surface area contributed by atoms with Gasteiger partial charge in [0.25, 0.3) is 0 Å². The summed E-state index contributed by atoms with van der Waals surface area (Å²) in [5, 5.41) is 26.8. The van der Waals surface area contributed by atoms with Gasteiger partial charge in [-0.2, -0.15) is 9.46 Å². The van der Waals surface area contributed by atoms with Crippen molar-refractivity contribution in [1.82, 2.24) is 15.2 Å². The molecule has 2 saturated heterocycles. The van der Waals surface area contributed by atoms with Crippen LogP contribution < -0.4 is 43.5 Å². The number of fused-ring (bicyclic) bond motifs is 2. The maximum absolute atomic E-state index is 13.2. The number of alkyl halides is 2. The number of piperazine rings is 2. The predicted molar refractivity (Wildman–Crippen MR) is 305 cm³/mol. The number of anilines is 2. The number of para-hydroxylation sites is 2. The quantitative estimate of drug-likeness (QED) is 0.0844. The molecule has 79 heavy (non-hydrogen) atoms. The lowest BCUT2D eigenvalue weighted by Crippen LogP contribution is -2.46. The van der Waals surface area contributed by atoms with Gasteiger partial charge in [0.2, 0.25) is 0 Å². The lowest BCUT2D eigenvalue weighted by molar-refractivity contribution is -0.605. The van der Waals surface area contributed by atoms with Gasteiger partial charge in [-0.15, -0.1) is 35.6 Å². The SMILES string of the molecule is Cl.Fc1ccc(-c2cncc(CCl)c2)cc1.[O-][n+]1cc(CCl)cc(-c2ccc(F)cc2)c1.[O-][n+]1cc(CN2CCN(c3cccc4c3OCCO4)CC2)cc(-c2ccc(F)cc2)c1.c1cc2c(c(N3CCNCC3)c1)OCCO2. The lowest BCUT2D eigenvalue weighted by Gasteiger charge is -2.37. The van der Waals surface area contributed by atoms with Crippen LogP contribution >= 0.6 is 35.6 Å². The van der Waals surface area contributed by atoms with Crippen LogP contribution in [0.25, 0.3) is 33.4 Å². The molecule has 8 aromatic rings. The van der Waals surface area contributed by atoms with Gasteiger partial charge < -0.3 is 44.5 Å². The molecule has 12 rings (SSSR count). The number of benzene rings is 5. The maximum Gasteiger partial charge on any atom is 0.188 e. The molecule has 19 heteroatoms. The Morgan fingerprint density at radius 2 is 0.911 bits per heavy atom. The zero-order valence-corrected chi connectivity index (χ0v) is 45.5. The first-order valence-corrected chi connectivity index (χ1v) is 26.7. The Hall–Kier alpha value is -7.47. The highest BCUT2D eigenvalue weighted by molar-refractivity contribution is 6.17. The molecule has 13 nitrogen and oxygen atoms in total. The van der Waals surface area contributed by atoms with Crippen molar-refractivity contribution in [1.29, 1.82) is 0 Å². The molecule has 0 amide bonds. The third-order valence-electron chi connectivity index (χ3n) is 13.1. The van der Waals surface area contributed by atoms with Crippen molar-refractivity contribution in [3.8, 4) is 56.4 Å². The van der Waals surface area contributed by atoms with Crippen molar-refractivity contribution < 1.29 is 41.6 Å². The van der Waals surface area contributed by atoms with Crippen LogP contribution in [0.15, 0.2) is 165 Å². The predicted octanol–water partition coefficient (Wildman–Crippen LogP) is 11.0. The molecule has 0 aliphatic carbocycles. The Morgan fingerprint density at radius 1 is 0.481 bits per heavy atom. The summed E-state index contributed by atoms with van der Waals surface area (Å²) in [6.07, 6.45) is 9.44. The monoisotopic (exact) mass is 1140 g/mol. The summed E-state index contributed by atoms with van der Waals surface area (Å²) >= 11 is 11.4. The van der Waals surface area contributed by atoms with Gasteiger partial charge in [-0.3, -0.25) is 9.88 Å². The topological polar surface area (TPSA) is 125 Å². The molecule has 0 saturated carbocycles. The van der Waals surface area contributed by atoms with E-state index in [1.165, 1.54) is 60.7 Å². The number of pyridine rings is 3. The van der Waals surface area contributed by atoms with Crippen molar-refractivity contribution in [2.75, 3.05) is 88.6 Å². The minimum atomic E-state index is -0.299. The maximum atomic E-state index is 13.2. The van der Waals surface area contributed by atoms with E-state index >= 15 is 0 Å². The largest absolute Gasteiger partial charge is 0.619 e. The van der Waals surface area contributed by atoms with E-state index in [0.717, 1.165) is 136 Å². The van der Waals surface area contributed by atoms with E-state index in [1.807, 2.05) is 42.5 Å². The Balaban J connectivity index is 0.000000147. The second kappa shape index (κ2) is 28.4. The van der Waals surface area contributed by atoms with Gasteiger partial charge in [-0.05, 0) is 101 Å². The van der Waals surface area contributed by atoms with Gasteiger partial charge in [-0.25, -0.2) is 13.2 Å². The number of halogens is 6. The molecule has 3 aromatic heterocycles. The van der Waals surface area contributed by atoms with Crippen LogP contribution in [-0.2, 0) is 18.3 Å². The van der Waals surface area contributed by atoms with Gasteiger partial charge in [0.15, 0.2) is 47.8 Å². The summed E-state index contributed by atoms with van der Waals surface area (Å²) < 4.78 is 63.1. The highest BCUT2D eigenvalue weighted by Crippen LogP contribution is 2.41. The lowest BCUT2D eigenvalue weighted by atomic mass is 10.1. The van der Waals surface area contributed by atoms with Crippen molar-refractivity contribution in [3.05, 3.63) is 209 Å². The number of ether oxygens (including phenoxy) is 4. The number of aromatic nitrogens is 3. The molecule has 412 valence electrons. The number of rotatable bonds is 9.